The van der Waals surface area contributed by atoms with Crippen LogP contribution in [-0.4, -0.2) is 30.7 Å². The Morgan fingerprint density at radius 2 is 1.53 bits per heavy atom. The zero-order chi connectivity index (χ0) is 11.9. The Morgan fingerprint density at radius 3 is 1.93 bits per heavy atom. The minimum Gasteiger partial charge on any atom is -0.285 e. The van der Waals surface area contributed by atoms with Gasteiger partial charge in [0.05, 0.1) is 6.17 Å². The van der Waals surface area contributed by atoms with Crippen LogP contribution in [0.2, 0.25) is 0 Å². The van der Waals surface area contributed by atoms with Crippen molar-refractivity contribution in [3.63, 3.8) is 0 Å². The van der Waals surface area contributed by atoms with Crippen LogP contribution in [0.5, 0.6) is 0 Å². The first kappa shape index (κ1) is 12.9. The molecule has 0 amide bonds. The van der Waals surface area contributed by atoms with Gasteiger partial charge in [0.25, 0.3) is 0 Å². The number of rotatable bonds is 0. The van der Waals surface area contributed by atoms with Crippen molar-refractivity contribution in [1.29, 1.82) is 0 Å². The van der Waals surface area contributed by atoms with E-state index in [9.17, 15) is 0 Å². The molecule has 2 atom stereocenters. The normalized spacial score (nSPS) is 30.6. The number of hydrogen-bond acceptors (Lipinski definition) is 3. The van der Waals surface area contributed by atoms with E-state index in [0.29, 0.717) is 17.6 Å². The Bertz CT molecular complexity index is 190. The molecule has 3 nitrogen and oxygen atoms in total. The molecule has 0 saturated carbocycles. The van der Waals surface area contributed by atoms with E-state index < -0.39 is 0 Å². The molecule has 1 rings (SSSR count). The SMILES string of the molecule is CN1C(C(C)(C)C)CNNC1C(C)(C)C. The third-order valence-electron chi connectivity index (χ3n) is 3.25. The molecular formula is C12H27N3. The van der Waals surface area contributed by atoms with Crippen molar-refractivity contribution in [1.82, 2.24) is 15.8 Å². The highest BCUT2D eigenvalue weighted by atomic mass is 15.5. The Morgan fingerprint density at radius 1 is 1.00 bits per heavy atom. The van der Waals surface area contributed by atoms with Crippen LogP contribution in [0, 0.1) is 10.8 Å². The molecule has 1 aliphatic heterocycles. The van der Waals surface area contributed by atoms with Crippen LogP contribution in [0.4, 0.5) is 0 Å². The molecule has 2 N–H and O–H groups in total. The lowest BCUT2D eigenvalue weighted by molar-refractivity contribution is -0.0268. The topological polar surface area (TPSA) is 27.3 Å². The van der Waals surface area contributed by atoms with Gasteiger partial charge in [-0.05, 0) is 17.9 Å². The average Bonchev–Trinajstić information content (AvgIpc) is 1.99. The molecule has 0 spiro atoms. The van der Waals surface area contributed by atoms with Gasteiger partial charge in [0, 0.05) is 12.6 Å². The van der Waals surface area contributed by atoms with Crippen molar-refractivity contribution in [3.8, 4) is 0 Å². The summed E-state index contributed by atoms with van der Waals surface area (Å²) in [6, 6.07) is 0.572. The van der Waals surface area contributed by atoms with Gasteiger partial charge in [0.2, 0.25) is 0 Å². The average molecular weight is 213 g/mol. The predicted molar refractivity (Wildman–Crippen MR) is 65.4 cm³/mol. The lowest BCUT2D eigenvalue weighted by Gasteiger charge is -2.50. The lowest BCUT2D eigenvalue weighted by atomic mass is 9.82. The molecule has 2 unspecified atom stereocenters. The summed E-state index contributed by atoms with van der Waals surface area (Å²) in [5.41, 5.74) is 7.28. The van der Waals surface area contributed by atoms with E-state index in [-0.39, 0.29) is 5.41 Å². The zero-order valence-corrected chi connectivity index (χ0v) is 11.3. The maximum Gasteiger partial charge on any atom is 0.0778 e. The van der Waals surface area contributed by atoms with Crippen molar-refractivity contribution in [2.24, 2.45) is 10.8 Å². The monoisotopic (exact) mass is 213 g/mol. The van der Waals surface area contributed by atoms with Crippen molar-refractivity contribution >= 4 is 0 Å². The molecule has 0 aromatic carbocycles. The summed E-state index contributed by atoms with van der Waals surface area (Å²) >= 11 is 0. The highest BCUT2D eigenvalue weighted by Crippen LogP contribution is 2.30. The van der Waals surface area contributed by atoms with Crippen molar-refractivity contribution in [3.05, 3.63) is 0 Å². The third kappa shape index (κ3) is 2.92. The second kappa shape index (κ2) is 4.04. The second-order valence-electron chi connectivity index (χ2n) is 6.84. The summed E-state index contributed by atoms with van der Waals surface area (Å²) < 4.78 is 0. The first-order valence-electron chi connectivity index (χ1n) is 5.84. The van der Waals surface area contributed by atoms with Crippen molar-refractivity contribution in [2.75, 3.05) is 13.6 Å². The third-order valence-corrected chi connectivity index (χ3v) is 3.25. The molecule has 1 fully saturated rings. The van der Waals surface area contributed by atoms with Crippen molar-refractivity contribution < 1.29 is 0 Å². The van der Waals surface area contributed by atoms with Gasteiger partial charge in [-0.2, -0.15) is 0 Å². The number of hydrazine groups is 1. The molecule has 0 aromatic heterocycles. The number of nitrogens with zero attached hydrogens (tertiary/aromatic N) is 1. The summed E-state index contributed by atoms with van der Waals surface area (Å²) in [6.07, 6.45) is 0.385. The highest BCUT2D eigenvalue weighted by Gasteiger charge is 2.39. The maximum atomic E-state index is 3.39. The van der Waals surface area contributed by atoms with Crippen LogP contribution >= 0.6 is 0 Å². The van der Waals surface area contributed by atoms with Gasteiger partial charge in [-0.1, -0.05) is 41.5 Å². The smallest absolute Gasteiger partial charge is 0.0778 e. The second-order valence-corrected chi connectivity index (χ2v) is 6.84. The fraction of sp³-hybridized carbons (Fsp3) is 1.00. The van der Waals surface area contributed by atoms with Gasteiger partial charge in [0.1, 0.15) is 0 Å². The predicted octanol–water partition coefficient (Wildman–Crippen LogP) is 1.81. The molecule has 0 bridgehead atoms. The number of nitrogens with one attached hydrogen (secondary N) is 2. The summed E-state index contributed by atoms with van der Waals surface area (Å²) in [6.45, 7) is 14.7. The van der Waals surface area contributed by atoms with E-state index in [4.69, 9.17) is 0 Å². The highest BCUT2D eigenvalue weighted by molar-refractivity contribution is 4.92. The quantitative estimate of drug-likeness (QED) is 0.643. The Balaban J connectivity index is 2.81. The lowest BCUT2D eigenvalue weighted by Crippen LogP contribution is -2.68. The van der Waals surface area contributed by atoms with E-state index in [1.165, 1.54) is 0 Å². The van der Waals surface area contributed by atoms with Crippen LogP contribution in [0.15, 0.2) is 0 Å². The summed E-state index contributed by atoms with van der Waals surface area (Å²) in [5.74, 6) is 0. The van der Waals surface area contributed by atoms with Gasteiger partial charge in [-0.3, -0.25) is 10.3 Å². The van der Waals surface area contributed by atoms with Crippen LogP contribution in [0.1, 0.15) is 41.5 Å². The van der Waals surface area contributed by atoms with Gasteiger partial charge >= 0.3 is 0 Å². The van der Waals surface area contributed by atoms with Gasteiger partial charge in [-0.25, -0.2) is 5.43 Å². The first-order valence-corrected chi connectivity index (χ1v) is 5.84. The molecule has 1 heterocycles. The molecule has 1 saturated heterocycles. The Hall–Kier alpha value is -0.120. The van der Waals surface area contributed by atoms with Crippen LogP contribution in [0.3, 0.4) is 0 Å². The molecule has 1 aliphatic rings. The largest absolute Gasteiger partial charge is 0.285 e. The Labute approximate surface area is 94.6 Å². The maximum absolute atomic E-state index is 3.39. The van der Waals surface area contributed by atoms with Crippen LogP contribution in [0.25, 0.3) is 0 Å². The van der Waals surface area contributed by atoms with E-state index in [1.807, 2.05) is 0 Å². The molecule has 3 heteroatoms. The fourth-order valence-electron chi connectivity index (χ4n) is 2.42. The molecule has 0 radical (unpaired) electrons. The molecule has 0 aromatic rings. The van der Waals surface area contributed by atoms with E-state index >= 15 is 0 Å². The number of hydrogen-bond donors (Lipinski definition) is 2. The van der Waals surface area contributed by atoms with E-state index in [2.05, 4.69) is 64.3 Å². The summed E-state index contributed by atoms with van der Waals surface area (Å²) in [5, 5.41) is 0. The van der Waals surface area contributed by atoms with E-state index in [1.54, 1.807) is 0 Å². The fourth-order valence-corrected chi connectivity index (χ4v) is 2.42. The summed E-state index contributed by atoms with van der Waals surface area (Å²) in [4.78, 5) is 2.47. The molecule has 90 valence electrons. The minimum atomic E-state index is 0.242. The van der Waals surface area contributed by atoms with Gasteiger partial charge < -0.3 is 0 Å². The number of likely N-dealkylation sites (N-methyl/N-ethyl adjacent to an activating group) is 1. The first-order chi connectivity index (χ1) is 6.64. The Kier molecular flexibility index (Phi) is 3.49. The molecular weight excluding hydrogens is 186 g/mol. The minimum absolute atomic E-state index is 0.242. The van der Waals surface area contributed by atoms with Gasteiger partial charge in [-0.15, -0.1) is 0 Å². The standard InChI is InChI=1S/C12H27N3/c1-11(2,3)9-8-13-14-10(15(9)7)12(4,5)6/h9-10,13-14H,8H2,1-7H3. The van der Waals surface area contributed by atoms with Gasteiger partial charge in [0.15, 0.2) is 0 Å². The van der Waals surface area contributed by atoms with E-state index in [0.717, 1.165) is 6.54 Å². The van der Waals surface area contributed by atoms with Crippen LogP contribution in [-0.2, 0) is 0 Å². The van der Waals surface area contributed by atoms with Crippen LogP contribution < -0.4 is 10.9 Å². The molecule has 15 heavy (non-hydrogen) atoms. The van der Waals surface area contributed by atoms with Crippen molar-refractivity contribution in [2.45, 2.75) is 53.8 Å². The summed E-state index contributed by atoms with van der Waals surface area (Å²) in [7, 11) is 2.22. The zero-order valence-electron chi connectivity index (χ0n) is 11.3. The molecule has 0 aliphatic carbocycles.